The van der Waals surface area contributed by atoms with Crippen LogP contribution in [0.3, 0.4) is 0 Å². The molecule has 2 unspecified atom stereocenters. The Labute approximate surface area is 121 Å². The molecule has 2 heterocycles. The monoisotopic (exact) mass is 279 g/mol. The molecule has 2 atom stereocenters. The van der Waals surface area contributed by atoms with Crippen molar-refractivity contribution in [2.45, 2.75) is 58.6 Å². The van der Waals surface area contributed by atoms with Crippen molar-refractivity contribution >= 4 is 5.91 Å². The van der Waals surface area contributed by atoms with Gasteiger partial charge in [0.25, 0.3) is 5.91 Å². The van der Waals surface area contributed by atoms with Gasteiger partial charge in [0.15, 0.2) is 0 Å². The quantitative estimate of drug-likeness (QED) is 0.847. The van der Waals surface area contributed by atoms with Crippen LogP contribution in [0.15, 0.2) is 16.5 Å². The summed E-state index contributed by atoms with van der Waals surface area (Å²) in [6.45, 7) is 7.04. The molecule has 0 bridgehead atoms. The Hall–Kier alpha value is -1.29. The molecule has 4 nitrogen and oxygen atoms in total. The van der Waals surface area contributed by atoms with Gasteiger partial charge in [0.05, 0.1) is 6.04 Å². The molecule has 1 saturated heterocycles. The van der Waals surface area contributed by atoms with Crippen LogP contribution in [-0.4, -0.2) is 30.1 Å². The molecule has 20 heavy (non-hydrogen) atoms. The number of ether oxygens (including phenoxy) is 1. The average molecular weight is 279 g/mol. The van der Waals surface area contributed by atoms with E-state index in [9.17, 15) is 4.79 Å². The fraction of sp³-hybridized carbons (Fsp3) is 0.688. The van der Waals surface area contributed by atoms with E-state index in [1.807, 2.05) is 37.8 Å². The molecule has 1 fully saturated rings. The van der Waals surface area contributed by atoms with Crippen molar-refractivity contribution in [1.29, 1.82) is 0 Å². The van der Waals surface area contributed by atoms with Gasteiger partial charge in [0, 0.05) is 13.2 Å². The molecule has 1 aromatic rings. The summed E-state index contributed by atoms with van der Waals surface area (Å²) in [7, 11) is 0. The van der Waals surface area contributed by atoms with Crippen LogP contribution < -0.4 is 0 Å². The Balaban J connectivity index is 2.18. The molecule has 0 spiro atoms. The Morgan fingerprint density at radius 3 is 2.90 bits per heavy atom. The van der Waals surface area contributed by atoms with Crippen molar-refractivity contribution in [1.82, 2.24) is 4.90 Å². The summed E-state index contributed by atoms with van der Waals surface area (Å²) in [6.07, 6.45) is 3.95. The maximum atomic E-state index is 12.6. The molecule has 0 N–H and O–H groups in total. The number of likely N-dealkylation sites (tertiary alicyclic amines) is 1. The van der Waals surface area contributed by atoms with E-state index in [2.05, 4.69) is 0 Å². The maximum Gasteiger partial charge on any atom is 0.252 e. The first-order chi connectivity index (χ1) is 9.63. The fourth-order valence-corrected chi connectivity index (χ4v) is 2.86. The SMILES string of the molecule is CCOC(C)C(=O)N1CCCCCC1c1ccc(C)o1. The van der Waals surface area contributed by atoms with Gasteiger partial charge in [-0.05, 0) is 45.7 Å². The Kier molecular flexibility index (Phi) is 5.24. The van der Waals surface area contributed by atoms with Crippen molar-refractivity contribution in [3.05, 3.63) is 23.7 Å². The van der Waals surface area contributed by atoms with Gasteiger partial charge in [-0.2, -0.15) is 0 Å². The number of nitrogens with zero attached hydrogens (tertiary/aromatic N) is 1. The van der Waals surface area contributed by atoms with Gasteiger partial charge >= 0.3 is 0 Å². The summed E-state index contributed by atoms with van der Waals surface area (Å²) in [5.41, 5.74) is 0. The highest BCUT2D eigenvalue weighted by molar-refractivity contribution is 5.81. The standard InChI is InChI=1S/C16H25NO3/c1-4-19-13(3)16(18)17-11-7-5-6-8-14(17)15-10-9-12(2)20-15/h9-10,13-14H,4-8,11H2,1-3H3. The minimum Gasteiger partial charge on any atom is -0.464 e. The van der Waals surface area contributed by atoms with Gasteiger partial charge in [-0.1, -0.05) is 12.8 Å². The normalized spacial score (nSPS) is 21.6. The van der Waals surface area contributed by atoms with Gasteiger partial charge in [0.1, 0.15) is 17.6 Å². The van der Waals surface area contributed by atoms with Gasteiger partial charge in [-0.15, -0.1) is 0 Å². The minimum absolute atomic E-state index is 0.0570. The van der Waals surface area contributed by atoms with E-state index in [1.165, 1.54) is 6.42 Å². The van der Waals surface area contributed by atoms with Gasteiger partial charge in [-0.25, -0.2) is 0 Å². The molecule has 0 radical (unpaired) electrons. The third-order valence-corrected chi connectivity index (χ3v) is 3.89. The van der Waals surface area contributed by atoms with Crippen LogP contribution >= 0.6 is 0 Å². The number of carbonyl (C=O) groups is 1. The highest BCUT2D eigenvalue weighted by Gasteiger charge is 2.31. The molecule has 112 valence electrons. The van der Waals surface area contributed by atoms with Crippen LogP contribution in [0.2, 0.25) is 0 Å². The number of furan rings is 1. The van der Waals surface area contributed by atoms with Crippen molar-refractivity contribution < 1.29 is 13.9 Å². The average Bonchev–Trinajstić information content (AvgIpc) is 2.72. The first kappa shape index (κ1) is 15.1. The second-order valence-corrected chi connectivity index (χ2v) is 5.44. The Morgan fingerprint density at radius 2 is 2.25 bits per heavy atom. The summed E-state index contributed by atoms with van der Waals surface area (Å²) in [5.74, 6) is 1.88. The molecule has 0 aromatic carbocycles. The predicted octanol–water partition coefficient (Wildman–Crippen LogP) is 3.46. The van der Waals surface area contributed by atoms with E-state index >= 15 is 0 Å². The summed E-state index contributed by atoms with van der Waals surface area (Å²) in [4.78, 5) is 14.5. The van der Waals surface area contributed by atoms with E-state index in [0.29, 0.717) is 6.61 Å². The van der Waals surface area contributed by atoms with Gasteiger partial charge < -0.3 is 14.1 Å². The maximum absolute atomic E-state index is 12.6. The summed E-state index contributed by atoms with van der Waals surface area (Å²) >= 11 is 0. The highest BCUT2D eigenvalue weighted by atomic mass is 16.5. The lowest BCUT2D eigenvalue weighted by molar-refractivity contribution is -0.145. The fourth-order valence-electron chi connectivity index (χ4n) is 2.86. The Bertz CT molecular complexity index is 441. The summed E-state index contributed by atoms with van der Waals surface area (Å²) in [6, 6.07) is 4.02. The van der Waals surface area contributed by atoms with E-state index in [4.69, 9.17) is 9.15 Å². The minimum atomic E-state index is -0.378. The molecule has 0 aliphatic carbocycles. The predicted molar refractivity (Wildman–Crippen MR) is 77.5 cm³/mol. The molecule has 1 aliphatic rings. The summed E-state index contributed by atoms with van der Waals surface area (Å²) < 4.78 is 11.2. The first-order valence-electron chi connectivity index (χ1n) is 7.62. The number of rotatable bonds is 4. The van der Waals surface area contributed by atoms with E-state index < -0.39 is 0 Å². The van der Waals surface area contributed by atoms with Crippen LogP contribution in [0.4, 0.5) is 0 Å². The molecule has 1 amide bonds. The third-order valence-electron chi connectivity index (χ3n) is 3.89. The number of hydrogen-bond donors (Lipinski definition) is 0. The third kappa shape index (κ3) is 3.42. The topological polar surface area (TPSA) is 42.7 Å². The second kappa shape index (κ2) is 6.93. The summed E-state index contributed by atoms with van der Waals surface area (Å²) in [5, 5.41) is 0. The van der Waals surface area contributed by atoms with Crippen molar-refractivity contribution in [3.8, 4) is 0 Å². The number of amides is 1. The van der Waals surface area contributed by atoms with Crippen LogP contribution in [0.1, 0.15) is 57.1 Å². The largest absolute Gasteiger partial charge is 0.464 e. The second-order valence-electron chi connectivity index (χ2n) is 5.44. The van der Waals surface area contributed by atoms with Crippen LogP contribution in [0.5, 0.6) is 0 Å². The number of aryl methyl sites for hydroxylation is 1. The van der Waals surface area contributed by atoms with Crippen LogP contribution in [-0.2, 0) is 9.53 Å². The highest BCUT2D eigenvalue weighted by Crippen LogP contribution is 2.31. The van der Waals surface area contributed by atoms with Crippen LogP contribution in [0.25, 0.3) is 0 Å². The first-order valence-corrected chi connectivity index (χ1v) is 7.62. The number of carbonyl (C=O) groups excluding carboxylic acids is 1. The van der Waals surface area contributed by atoms with E-state index in [-0.39, 0.29) is 18.1 Å². The van der Waals surface area contributed by atoms with Crippen LogP contribution in [0, 0.1) is 6.92 Å². The number of hydrogen-bond acceptors (Lipinski definition) is 3. The van der Waals surface area contributed by atoms with Crippen molar-refractivity contribution in [2.75, 3.05) is 13.2 Å². The Morgan fingerprint density at radius 1 is 1.45 bits per heavy atom. The molecule has 2 rings (SSSR count). The molecule has 0 saturated carbocycles. The smallest absolute Gasteiger partial charge is 0.252 e. The molecule has 4 heteroatoms. The molecule has 1 aromatic heterocycles. The lowest BCUT2D eigenvalue weighted by atomic mass is 10.1. The van der Waals surface area contributed by atoms with Gasteiger partial charge in [0.2, 0.25) is 0 Å². The molecular weight excluding hydrogens is 254 g/mol. The zero-order valence-electron chi connectivity index (χ0n) is 12.7. The van der Waals surface area contributed by atoms with E-state index in [1.54, 1.807) is 0 Å². The molecular formula is C16H25NO3. The van der Waals surface area contributed by atoms with E-state index in [0.717, 1.165) is 37.3 Å². The van der Waals surface area contributed by atoms with Gasteiger partial charge in [-0.3, -0.25) is 4.79 Å². The molecule has 1 aliphatic heterocycles. The lowest BCUT2D eigenvalue weighted by Gasteiger charge is -2.30. The zero-order valence-corrected chi connectivity index (χ0v) is 12.7. The lowest BCUT2D eigenvalue weighted by Crippen LogP contribution is -2.41. The van der Waals surface area contributed by atoms with Crippen molar-refractivity contribution in [3.63, 3.8) is 0 Å². The zero-order chi connectivity index (χ0) is 14.5. The van der Waals surface area contributed by atoms with Crippen molar-refractivity contribution in [2.24, 2.45) is 0 Å².